The quantitative estimate of drug-likeness (QED) is 0.903. The van der Waals surface area contributed by atoms with Crippen molar-refractivity contribution in [1.29, 1.82) is 0 Å². The maximum atomic E-state index is 10.7. The van der Waals surface area contributed by atoms with E-state index in [0.29, 0.717) is 12.5 Å². The van der Waals surface area contributed by atoms with E-state index in [2.05, 4.69) is 28.7 Å². The molecule has 1 aliphatic rings. The second-order valence-corrected chi connectivity index (χ2v) is 6.10. The van der Waals surface area contributed by atoms with E-state index in [-0.39, 0.29) is 12.5 Å². The van der Waals surface area contributed by atoms with Gasteiger partial charge in [-0.05, 0) is 46.2 Å². The molecule has 1 unspecified atom stereocenters. The van der Waals surface area contributed by atoms with Gasteiger partial charge in [0.2, 0.25) is 0 Å². The number of carboxylic acid groups (broad SMARTS) is 1. The van der Waals surface area contributed by atoms with Crippen molar-refractivity contribution in [3.63, 3.8) is 0 Å². The van der Waals surface area contributed by atoms with E-state index in [4.69, 9.17) is 5.11 Å². The van der Waals surface area contributed by atoms with Gasteiger partial charge in [0.05, 0.1) is 12.5 Å². The van der Waals surface area contributed by atoms with E-state index < -0.39 is 5.97 Å². The van der Waals surface area contributed by atoms with Crippen LogP contribution in [0, 0.1) is 6.92 Å². The zero-order valence-electron chi connectivity index (χ0n) is 13.2. The molecular formula is C16H25N3O2. The summed E-state index contributed by atoms with van der Waals surface area (Å²) >= 11 is 0. The molecule has 1 aliphatic heterocycles. The molecule has 0 saturated carbocycles. The Morgan fingerprint density at radius 1 is 1.43 bits per heavy atom. The first-order valence-corrected chi connectivity index (χ1v) is 7.79. The van der Waals surface area contributed by atoms with Gasteiger partial charge in [0.25, 0.3) is 0 Å². The van der Waals surface area contributed by atoms with Crippen molar-refractivity contribution in [2.75, 3.05) is 6.54 Å². The Bertz CT molecular complexity index is 502. The van der Waals surface area contributed by atoms with Crippen LogP contribution in [0.25, 0.3) is 0 Å². The Morgan fingerprint density at radius 3 is 2.86 bits per heavy atom. The molecule has 5 heteroatoms. The summed E-state index contributed by atoms with van der Waals surface area (Å²) in [5.74, 6) is 0.0816. The first-order chi connectivity index (χ1) is 9.97. The monoisotopic (exact) mass is 291 g/mol. The lowest BCUT2D eigenvalue weighted by atomic mass is 9.99. The summed E-state index contributed by atoms with van der Waals surface area (Å²) in [6.45, 7) is 7.46. The standard InChI is InChI=1S/C16H25N3O2/c1-11(2)19-9-5-4-6-14(19)16-17-12(3)10-13(18-16)7-8-15(20)21/h10-11,14H,4-9H2,1-3H3,(H,20,21). The van der Waals surface area contributed by atoms with Crippen molar-refractivity contribution >= 4 is 5.97 Å². The summed E-state index contributed by atoms with van der Waals surface area (Å²) in [6.07, 6.45) is 4.11. The van der Waals surface area contributed by atoms with Crippen LogP contribution in [0.1, 0.15) is 62.8 Å². The van der Waals surface area contributed by atoms with Crippen LogP contribution in [-0.2, 0) is 11.2 Å². The number of aliphatic carboxylic acids is 1. The molecule has 0 spiro atoms. The number of likely N-dealkylation sites (tertiary alicyclic amines) is 1. The van der Waals surface area contributed by atoms with Gasteiger partial charge in [-0.2, -0.15) is 0 Å². The summed E-state index contributed by atoms with van der Waals surface area (Å²) < 4.78 is 0. The highest BCUT2D eigenvalue weighted by atomic mass is 16.4. The van der Waals surface area contributed by atoms with Gasteiger partial charge >= 0.3 is 5.97 Å². The Balaban J connectivity index is 2.22. The third kappa shape index (κ3) is 4.24. The molecule has 1 aromatic heterocycles. The number of hydrogen-bond donors (Lipinski definition) is 1. The maximum absolute atomic E-state index is 10.7. The molecule has 0 bridgehead atoms. The molecule has 1 fully saturated rings. The third-order valence-corrected chi connectivity index (χ3v) is 4.03. The fraction of sp³-hybridized carbons (Fsp3) is 0.688. The Kier molecular flexibility index (Phi) is 5.28. The maximum Gasteiger partial charge on any atom is 0.303 e. The van der Waals surface area contributed by atoms with Crippen LogP contribution < -0.4 is 0 Å². The number of carbonyl (C=O) groups is 1. The average molecular weight is 291 g/mol. The summed E-state index contributed by atoms with van der Waals surface area (Å²) in [4.78, 5) is 22.5. The highest BCUT2D eigenvalue weighted by Gasteiger charge is 2.28. The first-order valence-electron chi connectivity index (χ1n) is 7.79. The fourth-order valence-electron chi connectivity index (χ4n) is 3.02. The van der Waals surface area contributed by atoms with E-state index in [1.54, 1.807) is 0 Å². The summed E-state index contributed by atoms with van der Waals surface area (Å²) in [5, 5.41) is 8.83. The predicted octanol–water partition coefficient (Wildman–Crippen LogP) is 2.74. The fourth-order valence-corrected chi connectivity index (χ4v) is 3.02. The zero-order valence-corrected chi connectivity index (χ0v) is 13.2. The summed E-state index contributed by atoms with van der Waals surface area (Å²) in [6, 6.07) is 2.64. The number of carboxylic acids is 1. The number of aryl methyl sites for hydroxylation is 2. The summed E-state index contributed by atoms with van der Waals surface area (Å²) in [5.41, 5.74) is 1.77. The van der Waals surface area contributed by atoms with Gasteiger partial charge in [-0.25, -0.2) is 9.97 Å². The molecule has 0 radical (unpaired) electrons. The van der Waals surface area contributed by atoms with Crippen molar-refractivity contribution in [1.82, 2.24) is 14.9 Å². The zero-order chi connectivity index (χ0) is 15.4. The van der Waals surface area contributed by atoms with E-state index in [1.165, 1.54) is 12.8 Å². The lowest BCUT2D eigenvalue weighted by molar-refractivity contribution is -0.136. The SMILES string of the molecule is Cc1cc(CCC(=O)O)nc(C2CCCCN2C(C)C)n1. The molecule has 116 valence electrons. The van der Waals surface area contributed by atoms with Crippen LogP contribution in [0.3, 0.4) is 0 Å². The van der Waals surface area contributed by atoms with Crippen LogP contribution >= 0.6 is 0 Å². The number of nitrogens with zero attached hydrogens (tertiary/aromatic N) is 3. The molecule has 0 aliphatic carbocycles. The highest BCUT2D eigenvalue weighted by Crippen LogP contribution is 2.30. The Labute approximate surface area is 126 Å². The van der Waals surface area contributed by atoms with Crippen molar-refractivity contribution in [2.24, 2.45) is 0 Å². The molecule has 2 rings (SSSR count). The number of rotatable bonds is 5. The van der Waals surface area contributed by atoms with Crippen molar-refractivity contribution in [3.05, 3.63) is 23.3 Å². The molecule has 1 atom stereocenters. The molecule has 1 aromatic rings. The van der Waals surface area contributed by atoms with Crippen LogP contribution in [-0.4, -0.2) is 38.5 Å². The van der Waals surface area contributed by atoms with Gasteiger partial charge in [-0.1, -0.05) is 6.42 Å². The number of hydrogen-bond acceptors (Lipinski definition) is 4. The minimum Gasteiger partial charge on any atom is -0.481 e. The topological polar surface area (TPSA) is 66.3 Å². The molecule has 21 heavy (non-hydrogen) atoms. The van der Waals surface area contributed by atoms with Gasteiger partial charge in [0.1, 0.15) is 5.82 Å². The Morgan fingerprint density at radius 2 is 2.19 bits per heavy atom. The molecular weight excluding hydrogens is 266 g/mol. The normalized spacial score (nSPS) is 19.9. The largest absolute Gasteiger partial charge is 0.481 e. The van der Waals surface area contributed by atoms with Gasteiger partial charge in [0.15, 0.2) is 0 Å². The Hall–Kier alpha value is -1.49. The van der Waals surface area contributed by atoms with Gasteiger partial charge in [-0.3, -0.25) is 9.69 Å². The summed E-state index contributed by atoms with van der Waals surface area (Å²) in [7, 11) is 0. The molecule has 2 heterocycles. The second-order valence-electron chi connectivity index (χ2n) is 6.10. The minimum atomic E-state index is -0.783. The lowest BCUT2D eigenvalue weighted by Gasteiger charge is -2.37. The number of aromatic nitrogens is 2. The first kappa shape index (κ1) is 15.9. The van der Waals surface area contributed by atoms with E-state index in [9.17, 15) is 4.79 Å². The van der Waals surface area contributed by atoms with Crippen LogP contribution in [0.4, 0.5) is 0 Å². The van der Waals surface area contributed by atoms with Crippen LogP contribution in [0.2, 0.25) is 0 Å². The lowest BCUT2D eigenvalue weighted by Crippen LogP contribution is -2.39. The van der Waals surface area contributed by atoms with E-state index in [0.717, 1.165) is 30.2 Å². The molecule has 0 aromatic carbocycles. The van der Waals surface area contributed by atoms with Gasteiger partial charge < -0.3 is 5.11 Å². The van der Waals surface area contributed by atoms with E-state index in [1.807, 2.05) is 13.0 Å². The van der Waals surface area contributed by atoms with Gasteiger partial charge in [-0.15, -0.1) is 0 Å². The van der Waals surface area contributed by atoms with Crippen LogP contribution in [0.5, 0.6) is 0 Å². The van der Waals surface area contributed by atoms with Crippen molar-refractivity contribution in [3.8, 4) is 0 Å². The molecule has 1 saturated heterocycles. The minimum absolute atomic E-state index is 0.119. The van der Waals surface area contributed by atoms with Crippen LogP contribution in [0.15, 0.2) is 6.07 Å². The highest BCUT2D eigenvalue weighted by molar-refractivity contribution is 5.66. The van der Waals surface area contributed by atoms with E-state index >= 15 is 0 Å². The second kappa shape index (κ2) is 6.98. The molecule has 5 nitrogen and oxygen atoms in total. The van der Waals surface area contributed by atoms with Crippen molar-refractivity contribution in [2.45, 2.75) is 65.0 Å². The van der Waals surface area contributed by atoms with Gasteiger partial charge in [0, 0.05) is 23.9 Å². The average Bonchev–Trinajstić information content (AvgIpc) is 2.44. The smallest absolute Gasteiger partial charge is 0.303 e. The predicted molar refractivity (Wildman–Crippen MR) is 81.2 cm³/mol. The molecule has 1 N–H and O–H groups in total. The van der Waals surface area contributed by atoms with Crippen molar-refractivity contribution < 1.29 is 9.90 Å². The molecule has 0 amide bonds. The number of piperidine rings is 1. The third-order valence-electron chi connectivity index (χ3n) is 4.03.